The molecule has 0 spiro atoms. The first-order valence-electron chi connectivity index (χ1n) is 9.05. The second-order valence-corrected chi connectivity index (χ2v) is 6.68. The lowest BCUT2D eigenvalue weighted by Crippen LogP contribution is -2.11. The average Bonchev–Trinajstić information content (AvgIpc) is 3.19. The lowest BCUT2D eigenvalue weighted by Gasteiger charge is -2.16. The Hall–Kier alpha value is -2.94. The van der Waals surface area contributed by atoms with E-state index in [1.165, 1.54) is 12.1 Å². The first-order valence-corrected chi connectivity index (χ1v) is 9.05. The van der Waals surface area contributed by atoms with Crippen LogP contribution in [-0.2, 0) is 6.18 Å². The molecule has 3 nitrogen and oxygen atoms in total. The van der Waals surface area contributed by atoms with Crippen LogP contribution in [0.2, 0.25) is 0 Å². The lowest BCUT2D eigenvalue weighted by atomic mass is 10.0. The van der Waals surface area contributed by atoms with Gasteiger partial charge in [0.05, 0.1) is 30.4 Å². The number of hydrogen-bond donors (Lipinski definition) is 0. The van der Waals surface area contributed by atoms with Crippen LogP contribution < -0.4 is 9.47 Å². The van der Waals surface area contributed by atoms with Crippen LogP contribution in [0.4, 0.5) is 13.2 Å². The van der Waals surface area contributed by atoms with E-state index in [0.717, 1.165) is 37.8 Å². The fourth-order valence-electron chi connectivity index (χ4n) is 3.27. The van der Waals surface area contributed by atoms with Gasteiger partial charge in [-0.1, -0.05) is 18.2 Å². The molecule has 1 aliphatic rings. The molecular formula is C22H20F3NO2. The number of rotatable bonds is 5. The third-order valence-electron chi connectivity index (χ3n) is 4.72. The SMILES string of the molecule is COc1ccc(/C=C(\C#N)c2cccc(C(F)(F)F)c2)cc1OC1CCCC1. The largest absolute Gasteiger partial charge is 0.493 e. The maximum absolute atomic E-state index is 13.0. The molecular weight excluding hydrogens is 367 g/mol. The molecule has 3 rings (SSSR count). The van der Waals surface area contributed by atoms with Gasteiger partial charge in [-0.3, -0.25) is 0 Å². The van der Waals surface area contributed by atoms with Crippen molar-refractivity contribution in [1.82, 2.24) is 0 Å². The summed E-state index contributed by atoms with van der Waals surface area (Å²) in [5.74, 6) is 1.16. The molecule has 6 heteroatoms. The molecule has 0 heterocycles. The van der Waals surface area contributed by atoms with Gasteiger partial charge in [0.25, 0.3) is 0 Å². The highest BCUT2D eigenvalue weighted by molar-refractivity contribution is 5.90. The molecule has 0 radical (unpaired) electrons. The molecule has 1 saturated carbocycles. The summed E-state index contributed by atoms with van der Waals surface area (Å²) in [6.45, 7) is 0. The third kappa shape index (κ3) is 4.66. The summed E-state index contributed by atoms with van der Waals surface area (Å²) in [6.07, 6.45) is 1.44. The second-order valence-electron chi connectivity index (χ2n) is 6.68. The topological polar surface area (TPSA) is 42.2 Å². The molecule has 0 amide bonds. The number of benzene rings is 2. The molecule has 0 aromatic heterocycles. The molecule has 0 bridgehead atoms. The third-order valence-corrected chi connectivity index (χ3v) is 4.72. The molecule has 28 heavy (non-hydrogen) atoms. The van der Waals surface area contributed by atoms with Gasteiger partial charge in [0.1, 0.15) is 0 Å². The first kappa shape index (κ1) is 19.8. The van der Waals surface area contributed by atoms with E-state index in [1.54, 1.807) is 31.4 Å². The average molecular weight is 387 g/mol. The Labute approximate surface area is 162 Å². The van der Waals surface area contributed by atoms with Crippen molar-refractivity contribution in [3.63, 3.8) is 0 Å². The monoisotopic (exact) mass is 387 g/mol. The Kier molecular flexibility index (Phi) is 5.93. The summed E-state index contributed by atoms with van der Waals surface area (Å²) in [5.41, 5.74) is 0.225. The zero-order chi connectivity index (χ0) is 20.1. The maximum atomic E-state index is 13.0. The van der Waals surface area contributed by atoms with Crippen LogP contribution in [0.15, 0.2) is 42.5 Å². The van der Waals surface area contributed by atoms with Gasteiger partial charge >= 0.3 is 6.18 Å². The Morgan fingerprint density at radius 2 is 1.86 bits per heavy atom. The summed E-state index contributed by atoms with van der Waals surface area (Å²) in [4.78, 5) is 0. The summed E-state index contributed by atoms with van der Waals surface area (Å²) in [7, 11) is 1.55. The number of allylic oxidation sites excluding steroid dienone is 1. The van der Waals surface area contributed by atoms with Crippen LogP contribution in [0.3, 0.4) is 0 Å². The molecule has 0 atom stereocenters. The van der Waals surface area contributed by atoms with Crippen LogP contribution in [-0.4, -0.2) is 13.2 Å². The van der Waals surface area contributed by atoms with Crippen LogP contribution in [0.25, 0.3) is 11.6 Å². The standard InChI is InChI=1S/C22H20F3NO2/c1-27-20-10-9-15(12-21(20)28-19-7-2-3-8-19)11-17(14-26)16-5-4-6-18(13-16)22(23,24)25/h4-6,9-13,19H,2-3,7-8H2,1H3/b17-11+. The predicted octanol–water partition coefficient (Wildman–Crippen LogP) is 6.10. The molecule has 0 N–H and O–H groups in total. The molecule has 0 aliphatic heterocycles. The Balaban J connectivity index is 1.93. The van der Waals surface area contributed by atoms with Crippen molar-refractivity contribution in [2.24, 2.45) is 0 Å². The van der Waals surface area contributed by atoms with E-state index in [2.05, 4.69) is 0 Å². The Morgan fingerprint density at radius 3 is 2.50 bits per heavy atom. The highest BCUT2D eigenvalue weighted by Crippen LogP contribution is 2.34. The summed E-state index contributed by atoms with van der Waals surface area (Å²) < 4.78 is 50.3. The molecule has 1 fully saturated rings. The van der Waals surface area contributed by atoms with Crippen LogP contribution in [0, 0.1) is 11.3 Å². The Morgan fingerprint density at radius 1 is 1.11 bits per heavy atom. The van der Waals surface area contributed by atoms with Crippen molar-refractivity contribution >= 4 is 11.6 Å². The van der Waals surface area contributed by atoms with E-state index in [4.69, 9.17) is 9.47 Å². The quantitative estimate of drug-likeness (QED) is 0.460. The van der Waals surface area contributed by atoms with E-state index in [1.807, 2.05) is 6.07 Å². The normalized spacial score (nSPS) is 15.3. The predicted molar refractivity (Wildman–Crippen MR) is 101 cm³/mol. The van der Waals surface area contributed by atoms with Gasteiger partial charge in [0, 0.05) is 0 Å². The van der Waals surface area contributed by atoms with E-state index in [9.17, 15) is 18.4 Å². The molecule has 0 unspecified atom stereocenters. The van der Waals surface area contributed by atoms with Gasteiger partial charge in [-0.05, 0) is 67.2 Å². The minimum Gasteiger partial charge on any atom is -0.493 e. The van der Waals surface area contributed by atoms with Crippen molar-refractivity contribution < 1.29 is 22.6 Å². The zero-order valence-electron chi connectivity index (χ0n) is 15.4. The first-order chi connectivity index (χ1) is 13.4. The smallest absolute Gasteiger partial charge is 0.416 e. The fourth-order valence-corrected chi connectivity index (χ4v) is 3.27. The van der Waals surface area contributed by atoms with Gasteiger partial charge in [-0.15, -0.1) is 0 Å². The fraction of sp³-hybridized carbons (Fsp3) is 0.318. The molecule has 2 aromatic carbocycles. The van der Waals surface area contributed by atoms with Crippen molar-refractivity contribution in [3.8, 4) is 17.6 Å². The number of nitriles is 1. The number of halogens is 3. The van der Waals surface area contributed by atoms with E-state index in [-0.39, 0.29) is 17.2 Å². The molecule has 146 valence electrons. The van der Waals surface area contributed by atoms with E-state index < -0.39 is 11.7 Å². The lowest BCUT2D eigenvalue weighted by molar-refractivity contribution is -0.137. The van der Waals surface area contributed by atoms with Gasteiger partial charge in [-0.25, -0.2) is 0 Å². The highest BCUT2D eigenvalue weighted by atomic mass is 19.4. The van der Waals surface area contributed by atoms with Crippen LogP contribution in [0.5, 0.6) is 11.5 Å². The molecule has 1 aliphatic carbocycles. The summed E-state index contributed by atoms with van der Waals surface area (Å²) in [6, 6.07) is 12.0. The Bertz CT molecular complexity index is 907. The van der Waals surface area contributed by atoms with Crippen molar-refractivity contribution in [2.75, 3.05) is 7.11 Å². The van der Waals surface area contributed by atoms with Crippen molar-refractivity contribution in [1.29, 1.82) is 5.26 Å². The number of alkyl halides is 3. The van der Waals surface area contributed by atoms with E-state index in [0.29, 0.717) is 17.1 Å². The highest BCUT2D eigenvalue weighted by Gasteiger charge is 2.30. The number of methoxy groups -OCH3 is 1. The minimum atomic E-state index is -4.46. The van der Waals surface area contributed by atoms with Crippen LogP contribution >= 0.6 is 0 Å². The number of ether oxygens (including phenoxy) is 2. The number of hydrogen-bond acceptors (Lipinski definition) is 3. The number of nitrogens with zero attached hydrogens (tertiary/aromatic N) is 1. The summed E-state index contributed by atoms with van der Waals surface area (Å²) >= 11 is 0. The van der Waals surface area contributed by atoms with Gasteiger partial charge in [0.2, 0.25) is 0 Å². The zero-order valence-corrected chi connectivity index (χ0v) is 15.4. The van der Waals surface area contributed by atoms with E-state index >= 15 is 0 Å². The van der Waals surface area contributed by atoms with Gasteiger partial charge in [-0.2, -0.15) is 18.4 Å². The molecule has 2 aromatic rings. The van der Waals surface area contributed by atoms with Gasteiger partial charge < -0.3 is 9.47 Å². The summed E-state index contributed by atoms with van der Waals surface area (Å²) in [5, 5.41) is 9.48. The minimum absolute atomic E-state index is 0.132. The second kappa shape index (κ2) is 8.39. The van der Waals surface area contributed by atoms with Crippen molar-refractivity contribution in [3.05, 3.63) is 59.2 Å². The van der Waals surface area contributed by atoms with Crippen molar-refractivity contribution in [2.45, 2.75) is 38.0 Å². The van der Waals surface area contributed by atoms with Crippen LogP contribution in [0.1, 0.15) is 42.4 Å². The maximum Gasteiger partial charge on any atom is 0.416 e. The van der Waals surface area contributed by atoms with Gasteiger partial charge in [0.15, 0.2) is 11.5 Å². The molecule has 0 saturated heterocycles.